The molecule has 2 aliphatic rings. The van der Waals surface area contributed by atoms with Crippen LogP contribution in [-0.4, -0.2) is 25.5 Å². The SMILES string of the molecule is CCOC(=O)C1=C(C)NC(C2=CSI=N2)=NC1c1ccc(OC)cc1. The molecule has 0 amide bonds. The Morgan fingerprint density at radius 1 is 1.36 bits per heavy atom. The molecule has 132 valence electrons. The van der Waals surface area contributed by atoms with Gasteiger partial charge in [-0.1, -0.05) is 12.1 Å². The van der Waals surface area contributed by atoms with E-state index in [2.05, 4.69) is 8.46 Å². The second-order valence-electron chi connectivity index (χ2n) is 5.28. The fourth-order valence-corrected chi connectivity index (χ4v) is 5.54. The molecule has 0 aromatic heterocycles. The van der Waals surface area contributed by atoms with Gasteiger partial charge in [-0.05, 0) is 40.5 Å². The van der Waals surface area contributed by atoms with Crippen molar-refractivity contribution in [2.45, 2.75) is 19.9 Å². The van der Waals surface area contributed by atoms with E-state index in [9.17, 15) is 4.79 Å². The van der Waals surface area contributed by atoms with Crippen LogP contribution in [0.4, 0.5) is 0 Å². The summed E-state index contributed by atoms with van der Waals surface area (Å²) in [5.74, 6) is 1.11. The number of methoxy groups -OCH3 is 1. The van der Waals surface area contributed by atoms with E-state index >= 15 is 0 Å². The van der Waals surface area contributed by atoms with E-state index in [-0.39, 0.29) is 25.6 Å². The molecule has 0 saturated heterocycles. The monoisotopic (exact) mass is 471 g/mol. The van der Waals surface area contributed by atoms with Gasteiger partial charge < -0.3 is 14.8 Å². The van der Waals surface area contributed by atoms with Crippen molar-refractivity contribution in [2.75, 3.05) is 13.7 Å². The number of esters is 1. The maximum absolute atomic E-state index is 12.5. The summed E-state index contributed by atoms with van der Waals surface area (Å²) in [6.07, 6.45) is 0. The number of carbonyl (C=O) groups excluding carboxylic acids is 1. The van der Waals surface area contributed by atoms with E-state index < -0.39 is 6.04 Å². The first-order valence-electron chi connectivity index (χ1n) is 7.72. The second-order valence-corrected chi connectivity index (χ2v) is 9.02. The quantitative estimate of drug-likeness (QED) is 0.514. The van der Waals surface area contributed by atoms with E-state index in [1.807, 2.05) is 36.6 Å². The van der Waals surface area contributed by atoms with Gasteiger partial charge in [-0.3, -0.25) is 4.99 Å². The van der Waals surface area contributed by atoms with Crippen molar-refractivity contribution < 1.29 is 14.3 Å². The zero-order valence-electron chi connectivity index (χ0n) is 14.1. The Balaban J connectivity index is 2.02. The number of aliphatic imine (C=N–C) groups is 1. The summed E-state index contributed by atoms with van der Waals surface area (Å²) in [4.78, 5) is 17.3. The molecule has 1 unspecified atom stereocenters. The third kappa shape index (κ3) is 3.95. The van der Waals surface area contributed by atoms with Crippen LogP contribution in [-0.2, 0) is 9.53 Å². The summed E-state index contributed by atoms with van der Waals surface area (Å²) in [6, 6.07) is 7.14. The number of benzene rings is 1. The lowest BCUT2D eigenvalue weighted by Crippen LogP contribution is -2.32. The molecule has 0 spiro atoms. The van der Waals surface area contributed by atoms with Gasteiger partial charge >= 0.3 is 5.97 Å². The molecule has 8 heteroatoms. The molecule has 0 radical (unpaired) electrons. The molecule has 25 heavy (non-hydrogen) atoms. The molecule has 1 atom stereocenters. The Kier molecular flexibility index (Phi) is 5.89. The topological polar surface area (TPSA) is 72.3 Å². The predicted octanol–water partition coefficient (Wildman–Crippen LogP) is 4.23. The largest absolute Gasteiger partial charge is 0.497 e. The van der Waals surface area contributed by atoms with Crippen molar-refractivity contribution in [3.05, 3.63) is 52.2 Å². The van der Waals surface area contributed by atoms with Gasteiger partial charge in [-0.2, -0.15) is 0 Å². The summed E-state index contributed by atoms with van der Waals surface area (Å²) in [5.41, 5.74) is 3.04. The van der Waals surface area contributed by atoms with Crippen LogP contribution in [0.1, 0.15) is 25.5 Å². The molecule has 0 bridgehead atoms. The number of nitrogens with one attached hydrogen (secondary N) is 1. The number of hydrogen-bond donors (Lipinski definition) is 1. The second kappa shape index (κ2) is 8.13. The molecule has 2 aliphatic heterocycles. The molecular formula is C17H18IN3O3S. The van der Waals surface area contributed by atoms with Crippen LogP contribution in [0.25, 0.3) is 0 Å². The lowest BCUT2D eigenvalue weighted by Gasteiger charge is -2.26. The van der Waals surface area contributed by atoms with E-state index in [1.54, 1.807) is 23.0 Å². The predicted molar refractivity (Wildman–Crippen MR) is 108 cm³/mol. The summed E-state index contributed by atoms with van der Waals surface area (Å²) < 4.78 is 15.0. The molecule has 1 aromatic carbocycles. The van der Waals surface area contributed by atoms with Gasteiger partial charge in [0.1, 0.15) is 17.5 Å². The Labute approximate surface area is 159 Å². The van der Waals surface area contributed by atoms with E-state index in [0.29, 0.717) is 18.0 Å². The van der Waals surface area contributed by atoms with E-state index in [1.165, 1.54) is 0 Å². The molecule has 0 saturated carbocycles. The van der Waals surface area contributed by atoms with Crippen LogP contribution in [0.3, 0.4) is 0 Å². The highest BCUT2D eigenvalue weighted by atomic mass is 127. The molecule has 3 rings (SSSR count). The van der Waals surface area contributed by atoms with Crippen LogP contribution >= 0.6 is 28.6 Å². The highest BCUT2D eigenvalue weighted by molar-refractivity contribution is 14.2. The van der Waals surface area contributed by atoms with Crippen molar-refractivity contribution in [2.24, 2.45) is 8.14 Å². The number of carbonyl (C=O) groups is 1. The number of amidine groups is 1. The van der Waals surface area contributed by atoms with Gasteiger partial charge in [0.15, 0.2) is 5.84 Å². The highest BCUT2D eigenvalue weighted by Crippen LogP contribution is 2.38. The summed E-state index contributed by atoms with van der Waals surface area (Å²) in [7, 11) is 3.35. The highest BCUT2D eigenvalue weighted by Gasteiger charge is 2.31. The van der Waals surface area contributed by atoms with Gasteiger partial charge in [0, 0.05) is 11.1 Å². The third-order valence-electron chi connectivity index (χ3n) is 3.73. The fourth-order valence-electron chi connectivity index (χ4n) is 2.54. The number of rotatable bonds is 5. The first-order chi connectivity index (χ1) is 12.1. The first-order valence-corrected chi connectivity index (χ1v) is 12.1. The Morgan fingerprint density at radius 3 is 2.72 bits per heavy atom. The van der Waals surface area contributed by atoms with Crippen molar-refractivity contribution >= 4 is 40.4 Å². The Morgan fingerprint density at radius 2 is 2.12 bits per heavy atom. The van der Waals surface area contributed by atoms with Crippen LogP contribution in [0, 0.1) is 0 Å². The van der Waals surface area contributed by atoms with Gasteiger partial charge in [0.25, 0.3) is 0 Å². The zero-order chi connectivity index (χ0) is 17.8. The molecule has 6 nitrogen and oxygen atoms in total. The number of allylic oxidation sites excluding steroid dienone is 1. The number of halogens is 1. The summed E-state index contributed by atoms with van der Waals surface area (Å²) in [6.45, 7) is 3.99. The maximum atomic E-state index is 12.5. The van der Waals surface area contributed by atoms with Gasteiger partial charge in [-0.25, -0.2) is 7.94 Å². The van der Waals surface area contributed by atoms with Crippen LogP contribution in [0.15, 0.2) is 54.8 Å². The smallest absolute Gasteiger partial charge is 0.338 e. The minimum absolute atomic E-state index is 0.242. The number of hydrogen-bond acceptors (Lipinski definition) is 7. The number of ether oxygens (including phenoxy) is 2. The van der Waals surface area contributed by atoms with Crippen LogP contribution in [0.2, 0.25) is 0 Å². The molecule has 0 aliphatic carbocycles. The van der Waals surface area contributed by atoms with Crippen LogP contribution in [0.5, 0.6) is 5.75 Å². The average molecular weight is 471 g/mol. The molecule has 1 aromatic rings. The standard InChI is InChI=1S/C17H18IN3O3S/c1-4-24-17(22)14-10(2)19-16(13-9-25-18-21-13)20-15(14)11-5-7-12(23-3)8-6-11/h5-9,15H,4H2,1-3H3,(H,19,20). The summed E-state index contributed by atoms with van der Waals surface area (Å²) >= 11 is -0.242. The van der Waals surface area contributed by atoms with Crippen molar-refractivity contribution in [1.29, 1.82) is 0 Å². The minimum Gasteiger partial charge on any atom is -0.497 e. The first kappa shape index (κ1) is 18.1. The summed E-state index contributed by atoms with van der Waals surface area (Å²) in [5, 5.41) is 5.24. The van der Waals surface area contributed by atoms with Crippen molar-refractivity contribution in [3.63, 3.8) is 0 Å². The van der Waals surface area contributed by atoms with Crippen LogP contribution < -0.4 is 10.1 Å². The third-order valence-corrected chi connectivity index (χ3v) is 6.75. The van der Waals surface area contributed by atoms with Crippen molar-refractivity contribution in [3.8, 4) is 5.75 Å². The Bertz CT molecular complexity index is 800. The van der Waals surface area contributed by atoms with E-state index in [0.717, 1.165) is 22.7 Å². The van der Waals surface area contributed by atoms with E-state index in [4.69, 9.17) is 14.5 Å². The Hall–Kier alpha value is -1.68. The maximum Gasteiger partial charge on any atom is 0.338 e. The average Bonchev–Trinajstić information content (AvgIpc) is 3.16. The lowest BCUT2D eigenvalue weighted by molar-refractivity contribution is -0.138. The molecular weight excluding hydrogens is 453 g/mol. The van der Waals surface area contributed by atoms with Gasteiger partial charge in [0.05, 0.1) is 38.9 Å². The number of nitrogens with zero attached hydrogens (tertiary/aromatic N) is 2. The molecule has 2 heterocycles. The minimum atomic E-state index is -0.430. The van der Waals surface area contributed by atoms with Gasteiger partial charge in [-0.15, -0.1) is 0 Å². The zero-order valence-corrected chi connectivity index (χ0v) is 17.1. The van der Waals surface area contributed by atoms with Crippen molar-refractivity contribution in [1.82, 2.24) is 5.32 Å². The molecule has 1 N–H and O–H groups in total. The molecule has 0 fully saturated rings. The van der Waals surface area contributed by atoms with Gasteiger partial charge in [0.2, 0.25) is 0 Å². The normalized spacial score (nSPS) is 19.6. The fraction of sp³-hybridized carbons (Fsp3) is 0.294. The lowest BCUT2D eigenvalue weighted by atomic mass is 9.96.